The van der Waals surface area contributed by atoms with Crippen LogP contribution in [-0.4, -0.2) is 50.8 Å². The smallest absolute Gasteiger partial charge is 0.264 e. The number of anilines is 1. The van der Waals surface area contributed by atoms with Gasteiger partial charge in [0.1, 0.15) is 12.1 Å². The minimum atomic E-state index is -0.285. The number of nitrogen functional groups attached to an aromatic ring is 1. The topological polar surface area (TPSA) is 75.3 Å². The minimum absolute atomic E-state index is 0.0878. The number of thiophene rings is 1. The summed E-state index contributed by atoms with van der Waals surface area (Å²) in [5.41, 5.74) is 7.69. The first-order valence-electron chi connectivity index (χ1n) is 10.5. The highest BCUT2D eigenvalue weighted by atomic mass is 35.5. The molecule has 0 atom stereocenters. The average Bonchev–Trinajstić information content (AvgIpc) is 3.16. The maximum absolute atomic E-state index is 13.4. The highest BCUT2D eigenvalue weighted by Gasteiger charge is 2.37. The molecule has 0 bridgehead atoms. The van der Waals surface area contributed by atoms with Crippen molar-refractivity contribution in [3.63, 3.8) is 0 Å². The second-order valence-electron chi connectivity index (χ2n) is 8.88. The summed E-state index contributed by atoms with van der Waals surface area (Å²) in [6.45, 7) is 7.36. The van der Waals surface area contributed by atoms with Crippen molar-refractivity contribution in [2.75, 3.05) is 25.4 Å². The van der Waals surface area contributed by atoms with Crippen LogP contribution in [0.5, 0.6) is 0 Å². The molecule has 2 aromatic carbocycles. The molecule has 164 valence electrons. The number of amides is 1. The number of carbonyl (C=O) groups is 1. The first-order chi connectivity index (χ1) is 15.3. The molecule has 1 aliphatic rings. The van der Waals surface area contributed by atoms with Crippen LogP contribution >= 0.6 is 22.9 Å². The number of piperazine rings is 1. The molecule has 5 rings (SSSR count). The van der Waals surface area contributed by atoms with Crippen molar-refractivity contribution in [3.8, 4) is 0 Å². The quantitative estimate of drug-likeness (QED) is 0.469. The number of hydrogen-bond donors (Lipinski definition) is 1. The van der Waals surface area contributed by atoms with E-state index in [0.29, 0.717) is 17.4 Å². The Balaban J connectivity index is 1.32. The van der Waals surface area contributed by atoms with Crippen LogP contribution in [0.15, 0.2) is 48.8 Å². The minimum Gasteiger partial charge on any atom is -0.383 e. The zero-order chi connectivity index (χ0) is 22.5. The molecule has 1 fully saturated rings. The van der Waals surface area contributed by atoms with Crippen LogP contribution in [0, 0.1) is 0 Å². The summed E-state index contributed by atoms with van der Waals surface area (Å²) in [4.78, 5) is 26.9. The van der Waals surface area contributed by atoms with Gasteiger partial charge in [-0.25, -0.2) is 9.97 Å². The van der Waals surface area contributed by atoms with Crippen LogP contribution in [0.3, 0.4) is 0 Å². The van der Waals surface area contributed by atoms with Crippen LogP contribution in [-0.2, 0) is 6.54 Å². The number of nitrogens with zero attached hydrogens (tertiary/aromatic N) is 4. The molecule has 32 heavy (non-hydrogen) atoms. The van der Waals surface area contributed by atoms with E-state index in [0.717, 1.165) is 45.5 Å². The van der Waals surface area contributed by atoms with Gasteiger partial charge < -0.3 is 10.6 Å². The van der Waals surface area contributed by atoms with Crippen molar-refractivity contribution in [1.82, 2.24) is 19.8 Å². The molecular weight excluding hydrogens is 442 g/mol. The number of aromatic nitrogens is 2. The molecule has 0 saturated carbocycles. The van der Waals surface area contributed by atoms with E-state index >= 15 is 0 Å². The summed E-state index contributed by atoms with van der Waals surface area (Å²) in [6, 6.07) is 13.9. The summed E-state index contributed by atoms with van der Waals surface area (Å²) < 4.78 is 1.04. The van der Waals surface area contributed by atoms with Gasteiger partial charge in [0.2, 0.25) is 0 Å². The van der Waals surface area contributed by atoms with E-state index < -0.39 is 0 Å². The third-order valence-electron chi connectivity index (χ3n) is 6.06. The highest BCUT2D eigenvalue weighted by Crippen LogP contribution is 2.32. The van der Waals surface area contributed by atoms with Gasteiger partial charge in [-0.2, -0.15) is 0 Å². The zero-order valence-corrected chi connectivity index (χ0v) is 19.6. The summed E-state index contributed by atoms with van der Waals surface area (Å²) in [5, 5.41) is 2.62. The number of fused-ring (bicyclic) bond motifs is 2. The molecule has 2 N–H and O–H groups in total. The monoisotopic (exact) mass is 465 g/mol. The SMILES string of the molecule is CC1(C)CN(Cc2ccc3c(N)ncnc3c2)CCN1C(=O)c1cc2ccc(Cl)cc2s1. The third-order valence-corrected chi connectivity index (χ3v) is 7.38. The molecule has 6 nitrogen and oxygen atoms in total. The Morgan fingerprint density at radius 1 is 1.16 bits per heavy atom. The summed E-state index contributed by atoms with van der Waals surface area (Å²) in [7, 11) is 0. The van der Waals surface area contributed by atoms with Gasteiger partial charge in [0.15, 0.2) is 0 Å². The molecule has 1 aliphatic heterocycles. The van der Waals surface area contributed by atoms with Crippen molar-refractivity contribution in [3.05, 3.63) is 64.3 Å². The van der Waals surface area contributed by atoms with Gasteiger partial charge in [-0.1, -0.05) is 23.7 Å². The van der Waals surface area contributed by atoms with Crippen LogP contribution in [0.2, 0.25) is 5.02 Å². The fourth-order valence-electron chi connectivity index (χ4n) is 4.49. The molecule has 0 radical (unpaired) electrons. The van der Waals surface area contributed by atoms with E-state index in [1.807, 2.05) is 35.2 Å². The van der Waals surface area contributed by atoms with E-state index in [9.17, 15) is 4.79 Å². The number of rotatable bonds is 3. The predicted octanol–water partition coefficient (Wildman–Crippen LogP) is 4.82. The van der Waals surface area contributed by atoms with Gasteiger partial charge in [0, 0.05) is 41.3 Å². The molecule has 0 spiro atoms. The van der Waals surface area contributed by atoms with Crippen molar-refractivity contribution >= 4 is 55.7 Å². The molecule has 1 amide bonds. The largest absolute Gasteiger partial charge is 0.383 e. The number of nitrogens with two attached hydrogens (primary N) is 1. The molecule has 0 unspecified atom stereocenters. The molecule has 2 aromatic heterocycles. The van der Waals surface area contributed by atoms with E-state index in [2.05, 4.69) is 40.8 Å². The summed E-state index contributed by atoms with van der Waals surface area (Å²) >= 11 is 7.62. The van der Waals surface area contributed by atoms with Gasteiger partial charge in [0.05, 0.1) is 15.9 Å². The van der Waals surface area contributed by atoms with Gasteiger partial charge in [-0.3, -0.25) is 9.69 Å². The fourth-order valence-corrected chi connectivity index (χ4v) is 5.78. The van der Waals surface area contributed by atoms with E-state index in [4.69, 9.17) is 17.3 Å². The molecule has 3 heterocycles. The fraction of sp³-hybridized carbons (Fsp3) is 0.292. The molecular formula is C24H24ClN5OS. The van der Waals surface area contributed by atoms with Crippen molar-refractivity contribution in [2.24, 2.45) is 0 Å². The standard InChI is InChI=1S/C24H24ClN5OS/c1-24(2)13-29(12-15-3-6-18-19(9-15)27-14-28-22(18)26)7-8-30(24)23(31)21-10-16-4-5-17(25)11-20(16)32-21/h3-6,9-11,14H,7-8,12-13H2,1-2H3,(H2,26,27,28). The Morgan fingerprint density at radius 2 is 2.00 bits per heavy atom. The Kier molecular flexibility index (Phi) is 5.28. The Morgan fingerprint density at radius 3 is 2.81 bits per heavy atom. The molecule has 4 aromatic rings. The molecule has 8 heteroatoms. The van der Waals surface area contributed by atoms with Crippen LogP contribution in [0.4, 0.5) is 5.82 Å². The number of halogens is 1. The van der Waals surface area contributed by atoms with Crippen LogP contribution < -0.4 is 5.73 Å². The van der Waals surface area contributed by atoms with E-state index in [1.165, 1.54) is 23.2 Å². The maximum atomic E-state index is 13.4. The second-order valence-corrected chi connectivity index (χ2v) is 10.4. The van der Waals surface area contributed by atoms with E-state index in [1.54, 1.807) is 0 Å². The van der Waals surface area contributed by atoms with Crippen molar-refractivity contribution < 1.29 is 4.79 Å². The van der Waals surface area contributed by atoms with Crippen LogP contribution in [0.1, 0.15) is 29.1 Å². The second kappa shape index (κ2) is 7.99. The lowest BCUT2D eigenvalue weighted by molar-refractivity contribution is 0.0163. The Bertz CT molecular complexity index is 1330. The normalized spacial score (nSPS) is 16.7. The Hall–Kier alpha value is -2.74. The summed E-state index contributed by atoms with van der Waals surface area (Å²) in [5.74, 6) is 0.586. The number of hydrogen-bond acceptors (Lipinski definition) is 6. The van der Waals surface area contributed by atoms with Crippen molar-refractivity contribution in [2.45, 2.75) is 25.9 Å². The van der Waals surface area contributed by atoms with E-state index in [-0.39, 0.29) is 11.4 Å². The van der Waals surface area contributed by atoms with Crippen LogP contribution in [0.25, 0.3) is 21.0 Å². The molecule has 1 saturated heterocycles. The zero-order valence-electron chi connectivity index (χ0n) is 18.0. The van der Waals surface area contributed by atoms with Crippen molar-refractivity contribution in [1.29, 1.82) is 0 Å². The Labute approximate surface area is 195 Å². The average molecular weight is 466 g/mol. The predicted molar refractivity (Wildman–Crippen MR) is 131 cm³/mol. The van der Waals surface area contributed by atoms with Gasteiger partial charge in [0.25, 0.3) is 5.91 Å². The lowest BCUT2D eigenvalue weighted by Gasteiger charge is -2.47. The molecule has 0 aliphatic carbocycles. The third kappa shape index (κ3) is 3.92. The first kappa shape index (κ1) is 21.1. The maximum Gasteiger partial charge on any atom is 0.264 e. The summed E-state index contributed by atoms with van der Waals surface area (Å²) in [6.07, 6.45) is 1.50. The lowest BCUT2D eigenvalue weighted by atomic mass is 9.97. The lowest BCUT2D eigenvalue weighted by Crippen LogP contribution is -2.60. The highest BCUT2D eigenvalue weighted by molar-refractivity contribution is 7.20. The van der Waals surface area contributed by atoms with Gasteiger partial charge in [-0.05, 0) is 55.1 Å². The number of carbonyl (C=O) groups excluding carboxylic acids is 1. The number of benzene rings is 2. The van der Waals surface area contributed by atoms with Gasteiger partial charge >= 0.3 is 0 Å². The first-order valence-corrected chi connectivity index (χ1v) is 11.7. The van der Waals surface area contributed by atoms with Gasteiger partial charge in [-0.15, -0.1) is 11.3 Å².